The van der Waals surface area contributed by atoms with Gasteiger partial charge in [-0.2, -0.15) is 0 Å². The van der Waals surface area contributed by atoms with Crippen LogP contribution in [0.3, 0.4) is 0 Å². The van der Waals surface area contributed by atoms with Gasteiger partial charge in [0, 0.05) is 5.56 Å². The van der Waals surface area contributed by atoms with Crippen molar-refractivity contribution in [2.45, 2.75) is 25.3 Å². The van der Waals surface area contributed by atoms with Crippen molar-refractivity contribution in [2.75, 3.05) is 14.2 Å². The van der Waals surface area contributed by atoms with Crippen LogP contribution >= 0.6 is 0 Å². The van der Waals surface area contributed by atoms with Crippen LogP contribution in [-0.4, -0.2) is 14.2 Å². The standard InChI is InChI=1S/C13H20N2O2/c1-16-12-5-3-4-10(13(12)17-2)11(15-14)8-9-6-7-9/h3-5,9,11,15H,6-8,14H2,1-2H3. The van der Waals surface area contributed by atoms with Crippen LogP contribution < -0.4 is 20.7 Å². The van der Waals surface area contributed by atoms with Crippen LogP contribution in [0.1, 0.15) is 30.9 Å². The first-order valence-corrected chi connectivity index (χ1v) is 5.97. The number of methoxy groups -OCH3 is 2. The Balaban J connectivity index is 2.27. The maximum absolute atomic E-state index is 5.65. The summed E-state index contributed by atoms with van der Waals surface area (Å²) in [4.78, 5) is 0. The summed E-state index contributed by atoms with van der Waals surface area (Å²) in [5.74, 6) is 7.98. The normalized spacial score (nSPS) is 16.6. The van der Waals surface area contributed by atoms with Crippen LogP contribution in [0, 0.1) is 5.92 Å². The molecule has 0 aliphatic heterocycles. The summed E-state index contributed by atoms with van der Waals surface area (Å²) in [6, 6.07) is 6.03. The predicted octanol–water partition coefficient (Wildman–Crippen LogP) is 2.01. The molecule has 1 aliphatic carbocycles. The second kappa shape index (κ2) is 5.38. The first-order chi connectivity index (χ1) is 8.30. The highest BCUT2D eigenvalue weighted by Gasteiger charge is 2.27. The summed E-state index contributed by atoms with van der Waals surface area (Å²) in [7, 11) is 3.31. The number of hydrogen-bond acceptors (Lipinski definition) is 4. The van der Waals surface area contributed by atoms with E-state index in [-0.39, 0.29) is 6.04 Å². The van der Waals surface area contributed by atoms with Gasteiger partial charge < -0.3 is 9.47 Å². The first-order valence-electron chi connectivity index (χ1n) is 5.97. The van der Waals surface area contributed by atoms with Gasteiger partial charge in [-0.05, 0) is 18.4 Å². The molecule has 3 N–H and O–H groups in total. The third-order valence-corrected chi connectivity index (χ3v) is 3.28. The molecule has 1 aromatic carbocycles. The molecule has 0 radical (unpaired) electrons. The molecule has 2 rings (SSSR count). The van der Waals surface area contributed by atoms with Gasteiger partial charge in [-0.25, -0.2) is 0 Å². The van der Waals surface area contributed by atoms with Crippen molar-refractivity contribution in [1.29, 1.82) is 0 Å². The van der Waals surface area contributed by atoms with Gasteiger partial charge in [0.2, 0.25) is 0 Å². The summed E-state index contributed by atoms with van der Waals surface area (Å²) in [5.41, 5.74) is 3.95. The van der Waals surface area contributed by atoms with Crippen molar-refractivity contribution in [2.24, 2.45) is 11.8 Å². The Morgan fingerprint density at radius 2 is 2.12 bits per heavy atom. The Morgan fingerprint density at radius 3 is 2.65 bits per heavy atom. The number of rotatable bonds is 6. The van der Waals surface area contributed by atoms with Crippen molar-refractivity contribution in [3.05, 3.63) is 23.8 Å². The van der Waals surface area contributed by atoms with E-state index in [1.807, 2.05) is 18.2 Å². The molecule has 0 amide bonds. The van der Waals surface area contributed by atoms with Gasteiger partial charge in [0.1, 0.15) is 0 Å². The largest absolute Gasteiger partial charge is 0.493 e. The number of ether oxygens (including phenoxy) is 2. The molecule has 0 saturated heterocycles. The number of nitrogens with two attached hydrogens (primary N) is 1. The van der Waals surface area contributed by atoms with Gasteiger partial charge in [0.25, 0.3) is 0 Å². The molecule has 1 saturated carbocycles. The van der Waals surface area contributed by atoms with Crippen LogP contribution in [-0.2, 0) is 0 Å². The molecule has 0 spiro atoms. The molecular formula is C13H20N2O2. The Morgan fingerprint density at radius 1 is 1.35 bits per heavy atom. The van der Waals surface area contributed by atoms with Gasteiger partial charge in [0.05, 0.1) is 20.3 Å². The van der Waals surface area contributed by atoms with Gasteiger partial charge >= 0.3 is 0 Å². The second-order valence-corrected chi connectivity index (χ2v) is 4.48. The van der Waals surface area contributed by atoms with Crippen molar-refractivity contribution < 1.29 is 9.47 Å². The fraction of sp³-hybridized carbons (Fsp3) is 0.538. The minimum absolute atomic E-state index is 0.132. The van der Waals surface area contributed by atoms with Crippen molar-refractivity contribution in [3.8, 4) is 11.5 Å². The van der Waals surface area contributed by atoms with Crippen LogP contribution in [0.5, 0.6) is 11.5 Å². The lowest BCUT2D eigenvalue weighted by atomic mass is 10.0. The average molecular weight is 236 g/mol. The van der Waals surface area contributed by atoms with Crippen molar-refractivity contribution >= 4 is 0 Å². The highest BCUT2D eigenvalue weighted by atomic mass is 16.5. The lowest BCUT2D eigenvalue weighted by molar-refractivity contribution is 0.344. The Bertz CT molecular complexity index is 378. The molecular weight excluding hydrogens is 216 g/mol. The minimum Gasteiger partial charge on any atom is -0.493 e. The number of hydrazine groups is 1. The SMILES string of the molecule is COc1cccc(C(CC2CC2)NN)c1OC. The van der Waals surface area contributed by atoms with Crippen LogP contribution in [0.2, 0.25) is 0 Å². The van der Waals surface area contributed by atoms with E-state index in [0.29, 0.717) is 0 Å². The molecule has 1 aromatic rings. The highest BCUT2D eigenvalue weighted by Crippen LogP contribution is 2.41. The monoisotopic (exact) mass is 236 g/mol. The summed E-state index contributed by atoms with van der Waals surface area (Å²) < 4.78 is 10.7. The molecule has 17 heavy (non-hydrogen) atoms. The van der Waals surface area contributed by atoms with Crippen molar-refractivity contribution in [3.63, 3.8) is 0 Å². The molecule has 94 valence electrons. The van der Waals surface area contributed by atoms with Gasteiger partial charge in [0.15, 0.2) is 11.5 Å². The van der Waals surface area contributed by atoms with E-state index < -0.39 is 0 Å². The number of para-hydroxylation sites is 1. The lowest BCUT2D eigenvalue weighted by Crippen LogP contribution is -2.28. The van der Waals surface area contributed by atoms with E-state index in [1.165, 1.54) is 12.8 Å². The Labute approximate surface area is 102 Å². The zero-order valence-corrected chi connectivity index (χ0v) is 10.4. The topological polar surface area (TPSA) is 56.5 Å². The summed E-state index contributed by atoms with van der Waals surface area (Å²) in [6.45, 7) is 0. The first kappa shape index (κ1) is 12.2. The zero-order chi connectivity index (χ0) is 12.3. The van der Waals surface area contributed by atoms with Crippen LogP contribution in [0.25, 0.3) is 0 Å². The Hall–Kier alpha value is -1.26. The molecule has 1 aliphatic rings. The fourth-order valence-electron chi connectivity index (χ4n) is 2.16. The average Bonchev–Trinajstić information content (AvgIpc) is 3.18. The maximum atomic E-state index is 5.65. The molecule has 1 atom stereocenters. The van der Waals surface area contributed by atoms with E-state index in [0.717, 1.165) is 29.4 Å². The van der Waals surface area contributed by atoms with E-state index in [2.05, 4.69) is 5.43 Å². The lowest BCUT2D eigenvalue weighted by Gasteiger charge is -2.20. The van der Waals surface area contributed by atoms with Gasteiger partial charge in [-0.3, -0.25) is 11.3 Å². The second-order valence-electron chi connectivity index (χ2n) is 4.48. The minimum atomic E-state index is 0.132. The molecule has 4 heteroatoms. The van der Waals surface area contributed by atoms with E-state index in [9.17, 15) is 0 Å². The summed E-state index contributed by atoms with van der Waals surface area (Å²) in [5, 5.41) is 0. The van der Waals surface area contributed by atoms with Crippen molar-refractivity contribution in [1.82, 2.24) is 5.43 Å². The van der Waals surface area contributed by atoms with E-state index in [1.54, 1.807) is 14.2 Å². The summed E-state index contributed by atoms with van der Waals surface area (Å²) in [6.07, 6.45) is 3.68. The molecule has 0 heterocycles. The molecule has 0 aromatic heterocycles. The zero-order valence-electron chi connectivity index (χ0n) is 10.4. The Kier molecular flexibility index (Phi) is 3.86. The quantitative estimate of drug-likeness (QED) is 0.586. The van der Waals surface area contributed by atoms with E-state index in [4.69, 9.17) is 15.3 Å². The predicted molar refractivity (Wildman–Crippen MR) is 67.0 cm³/mol. The number of hydrogen-bond donors (Lipinski definition) is 2. The van der Waals surface area contributed by atoms with E-state index >= 15 is 0 Å². The van der Waals surface area contributed by atoms with Gasteiger partial charge in [-0.15, -0.1) is 0 Å². The fourth-order valence-corrected chi connectivity index (χ4v) is 2.16. The molecule has 1 unspecified atom stereocenters. The molecule has 4 nitrogen and oxygen atoms in total. The third kappa shape index (κ3) is 2.70. The maximum Gasteiger partial charge on any atom is 0.165 e. The summed E-state index contributed by atoms with van der Waals surface area (Å²) >= 11 is 0. The number of nitrogens with one attached hydrogen (secondary N) is 1. The van der Waals surface area contributed by atoms with Crippen LogP contribution in [0.4, 0.5) is 0 Å². The highest BCUT2D eigenvalue weighted by molar-refractivity contribution is 5.48. The smallest absolute Gasteiger partial charge is 0.165 e. The number of benzene rings is 1. The van der Waals surface area contributed by atoms with Gasteiger partial charge in [-0.1, -0.05) is 25.0 Å². The van der Waals surface area contributed by atoms with Crippen LogP contribution in [0.15, 0.2) is 18.2 Å². The third-order valence-electron chi connectivity index (χ3n) is 3.28. The molecule has 1 fully saturated rings. The molecule has 0 bridgehead atoms.